The van der Waals surface area contributed by atoms with Crippen LogP contribution >= 0.6 is 0 Å². The van der Waals surface area contributed by atoms with E-state index in [1.54, 1.807) is 12.1 Å². The van der Waals surface area contributed by atoms with E-state index in [0.29, 0.717) is 24.5 Å². The maximum absolute atomic E-state index is 13.7. The molecular formula is C32H32N4O7. The van der Waals surface area contributed by atoms with Crippen LogP contribution in [0.15, 0.2) is 78.9 Å². The number of nitrogens with one attached hydrogen (secondary N) is 4. The molecule has 11 nitrogen and oxygen atoms in total. The van der Waals surface area contributed by atoms with Crippen molar-refractivity contribution in [3.63, 3.8) is 0 Å². The molecule has 0 saturated carbocycles. The van der Waals surface area contributed by atoms with Crippen molar-refractivity contribution in [3.05, 3.63) is 95.6 Å². The van der Waals surface area contributed by atoms with Gasteiger partial charge in [0.2, 0.25) is 24.4 Å². The highest BCUT2D eigenvalue weighted by atomic mass is 16.7. The van der Waals surface area contributed by atoms with E-state index in [1.165, 1.54) is 6.07 Å². The summed E-state index contributed by atoms with van der Waals surface area (Å²) in [6, 6.07) is 20.5. The molecule has 3 aromatic carbocycles. The Kier molecular flexibility index (Phi) is 9.30. The highest BCUT2D eigenvalue weighted by Crippen LogP contribution is 2.32. The van der Waals surface area contributed by atoms with Gasteiger partial charge in [-0.25, -0.2) is 0 Å². The lowest BCUT2D eigenvalue weighted by molar-refractivity contribution is -0.141. The number of ether oxygens (including phenoxy) is 2. The average Bonchev–Trinajstić information content (AvgIpc) is 3.67. The van der Waals surface area contributed by atoms with Crippen molar-refractivity contribution < 1.29 is 33.4 Å². The summed E-state index contributed by atoms with van der Waals surface area (Å²) in [5, 5.41) is 10.8. The molecule has 3 aromatic rings. The summed E-state index contributed by atoms with van der Waals surface area (Å²) in [5.74, 6) is -2.81. The Balaban J connectivity index is 1.33. The first kappa shape index (κ1) is 29.3. The van der Waals surface area contributed by atoms with E-state index in [9.17, 15) is 24.0 Å². The summed E-state index contributed by atoms with van der Waals surface area (Å²) in [6.07, 6.45) is 0.537. The molecule has 222 valence electrons. The zero-order valence-corrected chi connectivity index (χ0v) is 23.3. The first-order valence-corrected chi connectivity index (χ1v) is 14.1. The van der Waals surface area contributed by atoms with Gasteiger partial charge in [0, 0.05) is 31.0 Å². The smallest absolute Gasteiger partial charge is 0.289 e. The number of ketones is 1. The van der Waals surface area contributed by atoms with E-state index < -0.39 is 41.5 Å². The van der Waals surface area contributed by atoms with Gasteiger partial charge in [0.25, 0.3) is 11.8 Å². The summed E-state index contributed by atoms with van der Waals surface area (Å²) in [7, 11) is 0. The van der Waals surface area contributed by atoms with Crippen LogP contribution in [0.1, 0.15) is 34.3 Å². The van der Waals surface area contributed by atoms with E-state index in [-0.39, 0.29) is 37.6 Å². The fourth-order valence-electron chi connectivity index (χ4n) is 5.02. The topological polar surface area (TPSA) is 152 Å². The second-order valence-electron chi connectivity index (χ2n) is 10.4. The normalized spacial score (nSPS) is 16.5. The summed E-state index contributed by atoms with van der Waals surface area (Å²) in [4.78, 5) is 65.6. The second-order valence-corrected chi connectivity index (χ2v) is 10.4. The maximum atomic E-state index is 13.7. The van der Waals surface area contributed by atoms with Gasteiger partial charge in [-0.3, -0.25) is 24.0 Å². The standard InChI is InChI=1S/C32H32N4O7/c37-28(32(41)34-18-21-9-5-2-6-10-21)24(16-23-13-14-33-29(23)38)35-31(40)25(15-20-7-3-1-4-8-20)36-30(39)22-11-12-26-27(17-22)43-19-42-26/h1-12,17,23-25H,13-16,18-19H2,(H,33,38)(H,34,41)(H,35,40)(H,36,39)/t23-,24-,25-/m0/s1. The maximum Gasteiger partial charge on any atom is 0.289 e. The predicted molar refractivity (Wildman–Crippen MR) is 155 cm³/mol. The van der Waals surface area contributed by atoms with Crippen molar-refractivity contribution in [1.29, 1.82) is 0 Å². The van der Waals surface area contributed by atoms with Gasteiger partial charge >= 0.3 is 0 Å². The Bertz CT molecular complexity index is 1500. The molecule has 4 amide bonds. The Labute approximate surface area is 248 Å². The molecule has 4 N–H and O–H groups in total. The zero-order chi connectivity index (χ0) is 30.2. The number of carbonyl (C=O) groups is 5. The molecular weight excluding hydrogens is 552 g/mol. The number of hydrogen-bond acceptors (Lipinski definition) is 7. The number of amides is 4. The van der Waals surface area contributed by atoms with Gasteiger partial charge in [-0.2, -0.15) is 0 Å². The van der Waals surface area contributed by atoms with Crippen molar-refractivity contribution in [3.8, 4) is 11.5 Å². The largest absolute Gasteiger partial charge is 0.454 e. The third-order valence-corrected chi connectivity index (χ3v) is 7.37. The predicted octanol–water partition coefficient (Wildman–Crippen LogP) is 1.65. The minimum Gasteiger partial charge on any atom is -0.454 e. The Hall–Kier alpha value is -5.19. The van der Waals surface area contributed by atoms with Crippen LogP contribution in [0.4, 0.5) is 0 Å². The highest BCUT2D eigenvalue weighted by Gasteiger charge is 2.35. The molecule has 3 atom stereocenters. The van der Waals surface area contributed by atoms with Crippen molar-refractivity contribution in [1.82, 2.24) is 21.3 Å². The minimum absolute atomic E-state index is 0.0484. The van der Waals surface area contributed by atoms with E-state index in [4.69, 9.17) is 9.47 Å². The van der Waals surface area contributed by atoms with Crippen molar-refractivity contribution in [2.45, 2.75) is 37.9 Å². The Morgan fingerprint density at radius 1 is 0.837 bits per heavy atom. The van der Waals surface area contributed by atoms with Gasteiger partial charge in [-0.1, -0.05) is 60.7 Å². The van der Waals surface area contributed by atoms with Crippen LogP contribution in [0.3, 0.4) is 0 Å². The summed E-state index contributed by atoms with van der Waals surface area (Å²) < 4.78 is 10.7. The molecule has 2 aliphatic heterocycles. The van der Waals surface area contributed by atoms with Gasteiger partial charge in [-0.15, -0.1) is 0 Å². The third-order valence-electron chi connectivity index (χ3n) is 7.37. The number of fused-ring (bicyclic) bond motifs is 1. The number of Topliss-reactive ketones (excluding diaryl/α,β-unsaturated/α-hetero) is 1. The molecule has 0 bridgehead atoms. The van der Waals surface area contributed by atoms with Gasteiger partial charge in [0.1, 0.15) is 6.04 Å². The highest BCUT2D eigenvalue weighted by molar-refractivity contribution is 6.38. The quantitative estimate of drug-likeness (QED) is 0.236. The van der Waals surface area contributed by atoms with Crippen molar-refractivity contribution in [2.24, 2.45) is 5.92 Å². The van der Waals surface area contributed by atoms with Gasteiger partial charge in [0.15, 0.2) is 11.5 Å². The number of carbonyl (C=O) groups excluding carboxylic acids is 5. The lowest BCUT2D eigenvalue weighted by atomic mass is 9.94. The van der Waals surface area contributed by atoms with Crippen LogP contribution in [0.2, 0.25) is 0 Å². The van der Waals surface area contributed by atoms with Crippen LogP contribution in [-0.4, -0.2) is 54.8 Å². The number of hydrogen-bond donors (Lipinski definition) is 4. The first-order chi connectivity index (χ1) is 20.9. The van der Waals surface area contributed by atoms with Crippen LogP contribution in [0.25, 0.3) is 0 Å². The Morgan fingerprint density at radius 2 is 1.53 bits per heavy atom. The molecule has 2 aliphatic rings. The monoisotopic (exact) mass is 584 g/mol. The van der Waals surface area contributed by atoms with Gasteiger partial charge < -0.3 is 30.7 Å². The molecule has 0 spiro atoms. The van der Waals surface area contributed by atoms with E-state index in [2.05, 4.69) is 21.3 Å². The van der Waals surface area contributed by atoms with E-state index >= 15 is 0 Å². The molecule has 1 saturated heterocycles. The fraction of sp³-hybridized carbons (Fsp3) is 0.281. The molecule has 0 aromatic heterocycles. The van der Waals surface area contributed by atoms with Crippen LogP contribution in [-0.2, 0) is 32.1 Å². The lowest BCUT2D eigenvalue weighted by Crippen LogP contribution is -2.55. The Morgan fingerprint density at radius 3 is 2.23 bits per heavy atom. The number of benzene rings is 3. The molecule has 11 heteroatoms. The van der Waals surface area contributed by atoms with Crippen LogP contribution in [0, 0.1) is 5.92 Å². The third kappa shape index (κ3) is 7.56. The van der Waals surface area contributed by atoms with Gasteiger partial charge in [0.05, 0.1) is 6.04 Å². The zero-order valence-electron chi connectivity index (χ0n) is 23.3. The first-order valence-electron chi connectivity index (χ1n) is 14.1. The summed E-state index contributed by atoms with van der Waals surface area (Å²) in [6.45, 7) is 0.617. The molecule has 0 radical (unpaired) electrons. The molecule has 43 heavy (non-hydrogen) atoms. The molecule has 0 aliphatic carbocycles. The average molecular weight is 585 g/mol. The second kappa shape index (κ2) is 13.6. The molecule has 5 rings (SSSR count). The van der Waals surface area contributed by atoms with Crippen LogP contribution < -0.4 is 30.7 Å². The fourth-order valence-corrected chi connectivity index (χ4v) is 5.02. The minimum atomic E-state index is -1.28. The summed E-state index contributed by atoms with van der Waals surface area (Å²) >= 11 is 0. The molecule has 2 heterocycles. The molecule has 1 fully saturated rings. The SMILES string of the molecule is O=C(NCc1ccccc1)C(=O)[C@H](C[C@@H]1CCNC1=O)NC(=O)[C@H](Cc1ccccc1)NC(=O)c1ccc2c(c1)OCO2. The van der Waals surface area contributed by atoms with Crippen molar-refractivity contribution >= 4 is 29.4 Å². The molecule has 0 unspecified atom stereocenters. The van der Waals surface area contributed by atoms with Crippen molar-refractivity contribution in [2.75, 3.05) is 13.3 Å². The van der Waals surface area contributed by atoms with E-state index in [1.807, 2.05) is 60.7 Å². The van der Waals surface area contributed by atoms with E-state index in [0.717, 1.165) is 11.1 Å². The number of rotatable bonds is 12. The summed E-state index contributed by atoms with van der Waals surface area (Å²) in [5.41, 5.74) is 1.83. The lowest BCUT2D eigenvalue weighted by Gasteiger charge is -2.24. The van der Waals surface area contributed by atoms with Crippen LogP contribution in [0.5, 0.6) is 11.5 Å². The van der Waals surface area contributed by atoms with Gasteiger partial charge in [-0.05, 0) is 42.2 Å².